The number of para-hydroxylation sites is 2. The zero-order valence-corrected chi connectivity index (χ0v) is 20.0. The van der Waals surface area contributed by atoms with Gasteiger partial charge in [0.05, 0.1) is 39.5 Å². The molecule has 1 atom stereocenters. The third-order valence-electron chi connectivity index (χ3n) is 6.38. The molecule has 0 amide bonds. The normalized spacial score (nSPS) is 16.2. The molecular weight excluding hydrogens is 434 g/mol. The van der Waals surface area contributed by atoms with E-state index in [1.54, 1.807) is 20.3 Å². The molecule has 0 radical (unpaired) electrons. The largest absolute Gasteiger partial charge is 0.497 e. The first-order valence-corrected chi connectivity index (χ1v) is 11.4. The van der Waals surface area contributed by atoms with Gasteiger partial charge in [0.1, 0.15) is 11.5 Å². The van der Waals surface area contributed by atoms with E-state index in [0.29, 0.717) is 0 Å². The number of carbonyl (C=O) groups excluding carboxylic acids is 2. The number of esters is 1. The summed E-state index contributed by atoms with van der Waals surface area (Å²) in [7, 11) is 4.57. The summed E-state index contributed by atoms with van der Waals surface area (Å²) in [6.07, 6.45) is 3.66. The Balaban J connectivity index is 1.81. The quantitative estimate of drug-likeness (QED) is 0.421. The maximum absolute atomic E-state index is 12.6. The van der Waals surface area contributed by atoms with E-state index in [4.69, 9.17) is 9.47 Å². The highest BCUT2D eigenvalue weighted by molar-refractivity contribution is 5.90. The number of hydrogen-bond acceptors (Lipinski definition) is 7. The summed E-state index contributed by atoms with van der Waals surface area (Å²) in [6.45, 7) is 1.56. The Morgan fingerprint density at radius 3 is 2.44 bits per heavy atom. The number of piperidine rings is 1. The molecule has 7 heteroatoms. The van der Waals surface area contributed by atoms with E-state index in [0.717, 1.165) is 48.7 Å². The van der Waals surface area contributed by atoms with Crippen molar-refractivity contribution in [2.45, 2.75) is 37.2 Å². The van der Waals surface area contributed by atoms with Crippen molar-refractivity contribution in [1.82, 2.24) is 0 Å². The number of carbonyl (C=O) groups is 2. The second-order valence-electron chi connectivity index (χ2n) is 8.48. The van der Waals surface area contributed by atoms with E-state index < -0.39 is 12.1 Å². The standard InChI is InChI=1S/C27H33NO6/c1-32-23-8-6-7-20(17-23)27(12-11-21(29)18-22(30)19-26(31)34-3)13-15-28(16-14-27)24-9-4-5-10-25(24)33-2/h4-12,17,22,30H,13-16,18-19H2,1-3H3. The van der Waals surface area contributed by atoms with Gasteiger partial charge in [-0.3, -0.25) is 9.59 Å². The average molecular weight is 468 g/mol. The highest BCUT2D eigenvalue weighted by Crippen LogP contribution is 2.41. The molecule has 0 aromatic heterocycles. The van der Waals surface area contributed by atoms with Crippen molar-refractivity contribution in [2.75, 3.05) is 39.3 Å². The third-order valence-corrected chi connectivity index (χ3v) is 6.38. The van der Waals surface area contributed by atoms with Crippen LogP contribution in [0.15, 0.2) is 60.7 Å². The number of aliphatic hydroxyl groups excluding tert-OH is 1. The lowest BCUT2D eigenvalue weighted by molar-refractivity contribution is -0.143. The molecule has 1 heterocycles. The molecule has 1 aliphatic heterocycles. The number of benzene rings is 2. The van der Waals surface area contributed by atoms with E-state index in [1.165, 1.54) is 7.11 Å². The van der Waals surface area contributed by atoms with Crippen LogP contribution in [0.3, 0.4) is 0 Å². The number of ketones is 1. The van der Waals surface area contributed by atoms with Crippen LogP contribution >= 0.6 is 0 Å². The van der Waals surface area contributed by atoms with Crippen molar-refractivity contribution >= 4 is 17.4 Å². The van der Waals surface area contributed by atoms with Gasteiger partial charge in [-0.2, -0.15) is 0 Å². The molecule has 3 rings (SSSR count). The Morgan fingerprint density at radius 2 is 1.76 bits per heavy atom. The molecule has 0 saturated carbocycles. The predicted octanol–water partition coefficient (Wildman–Crippen LogP) is 3.68. The summed E-state index contributed by atoms with van der Waals surface area (Å²) in [6, 6.07) is 15.9. The second-order valence-corrected chi connectivity index (χ2v) is 8.48. The van der Waals surface area contributed by atoms with Crippen LogP contribution in [-0.2, 0) is 19.7 Å². The van der Waals surface area contributed by atoms with Crippen LogP contribution in [0.1, 0.15) is 31.2 Å². The van der Waals surface area contributed by atoms with Gasteiger partial charge in [0.25, 0.3) is 0 Å². The first kappa shape index (κ1) is 25.3. The molecule has 182 valence electrons. The Hall–Kier alpha value is -3.32. The maximum Gasteiger partial charge on any atom is 0.308 e. The lowest BCUT2D eigenvalue weighted by Crippen LogP contribution is -2.42. The summed E-state index contributed by atoms with van der Waals surface area (Å²) in [5.74, 6) is 0.825. The lowest BCUT2D eigenvalue weighted by atomic mass is 9.72. The van der Waals surface area contributed by atoms with E-state index in [-0.39, 0.29) is 24.0 Å². The van der Waals surface area contributed by atoms with Gasteiger partial charge in [0, 0.05) is 24.9 Å². The molecule has 1 aliphatic rings. The van der Waals surface area contributed by atoms with Gasteiger partial charge in [0.2, 0.25) is 0 Å². The van der Waals surface area contributed by atoms with Crippen LogP contribution in [-0.4, -0.2) is 57.4 Å². The number of hydrogen-bond donors (Lipinski definition) is 1. The fourth-order valence-electron chi connectivity index (χ4n) is 4.42. The van der Waals surface area contributed by atoms with Crippen LogP contribution in [0.4, 0.5) is 5.69 Å². The molecule has 1 N–H and O–H groups in total. The van der Waals surface area contributed by atoms with Crippen molar-refractivity contribution in [1.29, 1.82) is 0 Å². The number of methoxy groups -OCH3 is 3. The number of ether oxygens (including phenoxy) is 3. The van der Waals surface area contributed by atoms with Gasteiger partial charge in [-0.25, -0.2) is 0 Å². The summed E-state index contributed by atoms with van der Waals surface area (Å²) in [4.78, 5) is 26.2. The Bertz CT molecular complexity index is 1010. The smallest absolute Gasteiger partial charge is 0.308 e. The highest BCUT2D eigenvalue weighted by Gasteiger charge is 2.35. The minimum absolute atomic E-state index is 0.132. The molecule has 1 unspecified atom stereocenters. The summed E-state index contributed by atoms with van der Waals surface area (Å²) in [5, 5.41) is 10.0. The van der Waals surface area contributed by atoms with Gasteiger partial charge in [-0.05, 0) is 48.7 Å². The van der Waals surface area contributed by atoms with Crippen molar-refractivity contribution in [3.05, 3.63) is 66.2 Å². The number of nitrogens with zero attached hydrogens (tertiary/aromatic N) is 1. The molecular formula is C27H33NO6. The number of aliphatic hydroxyl groups is 1. The second kappa shape index (κ2) is 11.7. The fraction of sp³-hybridized carbons (Fsp3) is 0.407. The zero-order valence-electron chi connectivity index (χ0n) is 20.0. The SMILES string of the molecule is COC(=O)CC(O)CC(=O)C=CC1(c2cccc(OC)c2)CCN(c2ccccc2OC)CC1. The summed E-state index contributed by atoms with van der Waals surface area (Å²) >= 11 is 0. The van der Waals surface area contributed by atoms with E-state index in [9.17, 15) is 14.7 Å². The molecule has 1 fully saturated rings. The van der Waals surface area contributed by atoms with E-state index >= 15 is 0 Å². The lowest BCUT2D eigenvalue weighted by Gasteiger charge is -2.42. The fourth-order valence-corrected chi connectivity index (χ4v) is 4.42. The first-order valence-electron chi connectivity index (χ1n) is 11.4. The Kier molecular flexibility index (Phi) is 8.71. The summed E-state index contributed by atoms with van der Waals surface area (Å²) < 4.78 is 15.5. The number of anilines is 1. The van der Waals surface area contributed by atoms with Gasteiger partial charge >= 0.3 is 5.97 Å². The van der Waals surface area contributed by atoms with Crippen LogP contribution in [0.2, 0.25) is 0 Å². The molecule has 7 nitrogen and oxygen atoms in total. The molecule has 0 spiro atoms. The highest BCUT2D eigenvalue weighted by atomic mass is 16.5. The van der Waals surface area contributed by atoms with Gasteiger partial charge in [-0.15, -0.1) is 0 Å². The van der Waals surface area contributed by atoms with Crippen molar-refractivity contribution in [3.8, 4) is 11.5 Å². The first-order chi connectivity index (χ1) is 16.4. The van der Waals surface area contributed by atoms with Crippen molar-refractivity contribution in [3.63, 3.8) is 0 Å². The Labute approximate surface area is 200 Å². The molecule has 34 heavy (non-hydrogen) atoms. The minimum Gasteiger partial charge on any atom is -0.497 e. The Morgan fingerprint density at radius 1 is 1.03 bits per heavy atom. The van der Waals surface area contributed by atoms with Gasteiger partial charge < -0.3 is 24.2 Å². The monoisotopic (exact) mass is 467 g/mol. The molecule has 2 aromatic carbocycles. The van der Waals surface area contributed by atoms with Crippen LogP contribution in [0.5, 0.6) is 11.5 Å². The van der Waals surface area contributed by atoms with Crippen LogP contribution in [0, 0.1) is 0 Å². The third kappa shape index (κ3) is 6.17. The molecule has 2 aromatic rings. The van der Waals surface area contributed by atoms with E-state index in [2.05, 4.69) is 21.8 Å². The maximum atomic E-state index is 12.6. The van der Waals surface area contributed by atoms with Gasteiger partial charge in [0.15, 0.2) is 5.78 Å². The van der Waals surface area contributed by atoms with Crippen LogP contribution in [0.25, 0.3) is 0 Å². The van der Waals surface area contributed by atoms with E-state index in [1.807, 2.05) is 42.5 Å². The van der Waals surface area contributed by atoms with Crippen LogP contribution < -0.4 is 14.4 Å². The molecule has 0 bridgehead atoms. The number of rotatable bonds is 10. The molecule has 1 saturated heterocycles. The van der Waals surface area contributed by atoms with Crippen molar-refractivity contribution < 1.29 is 28.9 Å². The van der Waals surface area contributed by atoms with Gasteiger partial charge in [-0.1, -0.05) is 30.3 Å². The average Bonchev–Trinajstić information content (AvgIpc) is 2.87. The zero-order chi connectivity index (χ0) is 24.6. The predicted molar refractivity (Wildman–Crippen MR) is 131 cm³/mol. The van der Waals surface area contributed by atoms with Crippen molar-refractivity contribution in [2.24, 2.45) is 0 Å². The topological polar surface area (TPSA) is 85.3 Å². The minimum atomic E-state index is -1.07. The number of allylic oxidation sites excluding steroid dienone is 2. The molecule has 0 aliphatic carbocycles. The summed E-state index contributed by atoms with van der Waals surface area (Å²) in [5.41, 5.74) is 1.76.